The Kier molecular flexibility index (Phi) is 5.53. The lowest BCUT2D eigenvalue weighted by molar-refractivity contribution is -0.121. The third-order valence-corrected chi connectivity index (χ3v) is 3.04. The van der Waals surface area contributed by atoms with Crippen LogP contribution in [-0.4, -0.2) is 11.9 Å². The molecule has 0 unspecified atom stereocenters. The number of nitrogens with one attached hydrogen (secondary N) is 1. The van der Waals surface area contributed by atoms with Crippen LogP contribution in [0.15, 0.2) is 48.5 Å². The highest BCUT2D eigenvalue weighted by Gasteiger charge is 2.05. The Hall–Kier alpha value is -2.36. The average molecular weight is 301 g/mol. The van der Waals surface area contributed by atoms with Crippen LogP contribution in [0, 0.1) is 5.82 Å². The smallest absolute Gasteiger partial charge is 0.220 e. The van der Waals surface area contributed by atoms with Gasteiger partial charge in [-0.1, -0.05) is 12.1 Å². The van der Waals surface area contributed by atoms with Gasteiger partial charge in [-0.3, -0.25) is 4.79 Å². The van der Waals surface area contributed by atoms with Crippen LogP contribution >= 0.6 is 0 Å². The molecule has 0 aliphatic rings. The summed E-state index contributed by atoms with van der Waals surface area (Å²) in [6.07, 6.45) is 1.09. The molecule has 0 aliphatic heterocycles. The monoisotopic (exact) mass is 301 g/mol. The first-order valence-electron chi connectivity index (χ1n) is 7.34. The van der Waals surface area contributed by atoms with E-state index in [-0.39, 0.29) is 17.8 Å². The van der Waals surface area contributed by atoms with Crippen LogP contribution in [0.25, 0.3) is 0 Å². The first-order chi connectivity index (χ1) is 10.5. The predicted octanol–water partition coefficient (Wildman–Crippen LogP) is 4.08. The molecule has 0 aliphatic carbocycles. The van der Waals surface area contributed by atoms with Gasteiger partial charge in [0.2, 0.25) is 5.91 Å². The van der Waals surface area contributed by atoms with E-state index in [4.69, 9.17) is 4.74 Å². The number of benzene rings is 2. The Morgan fingerprint density at radius 2 is 1.86 bits per heavy atom. The second-order valence-corrected chi connectivity index (χ2v) is 5.43. The predicted molar refractivity (Wildman–Crippen MR) is 84.5 cm³/mol. The molecule has 0 aromatic heterocycles. The zero-order valence-electron chi connectivity index (χ0n) is 12.8. The second kappa shape index (κ2) is 7.59. The molecule has 1 amide bonds. The summed E-state index contributed by atoms with van der Waals surface area (Å²) in [4.78, 5) is 11.7. The summed E-state index contributed by atoms with van der Waals surface area (Å²) >= 11 is 0. The largest absolute Gasteiger partial charge is 0.457 e. The molecule has 2 aromatic carbocycles. The van der Waals surface area contributed by atoms with E-state index in [0.717, 1.165) is 5.56 Å². The third-order valence-electron chi connectivity index (χ3n) is 3.04. The molecule has 0 fully saturated rings. The first kappa shape index (κ1) is 16.0. The lowest BCUT2D eigenvalue weighted by Gasteiger charge is -2.09. The Balaban J connectivity index is 1.95. The maximum atomic E-state index is 12.9. The van der Waals surface area contributed by atoms with Gasteiger partial charge in [0, 0.05) is 12.5 Å². The first-order valence-corrected chi connectivity index (χ1v) is 7.34. The van der Waals surface area contributed by atoms with Gasteiger partial charge in [0.15, 0.2) is 0 Å². The van der Waals surface area contributed by atoms with Crippen molar-refractivity contribution in [2.24, 2.45) is 0 Å². The summed E-state index contributed by atoms with van der Waals surface area (Å²) in [6.45, 7) is 3.88. The summed E-state index contributed by atoms with van der Waals surface area (Å²) in [6, 6.07) is 13.6. The van der Waals surface area contributed by atoms with Gasteiger partial charge in [-0.25, -0.2) is 4.39 Å². The summed E-state index contributed by atoms with van der Waals surface area (Å²) < 4.78 is 18.5. The van der Waals surface area contributed by atoms with Crippen LogP contribution < -0.4 is 10.1 Å². The topological polar surface area (TPSA) is 38.3 Å². The molecule has 22 heavy (non-hydrogen) atoms. The van der Waals surface area contributed by atoms with Crippen molar-refractivity contribution >= 4 is 5.91 Å². The van der Waals surface area contributed by atoms with Crippen LogP contribution in [0.2, 0.25) is 0 Å². The van der Waals surface area contributed by atoms with Gasteiger partial charge < -0.3 is 10.1 Å². The van der Waals surface area contributed by atoms with Crippen molar-refractivity contribution < 1.29 is 13.9 Å². The fraction of sp³-hybridized carbons (Fsp3) is 0.278. The number of ether oxygens (including phenoxy) is 1. The Labute approximate surface area is 130 Å². The lowest BCUT2D eigenvalue weighted by atomic mass is 10.1. The SMILES string of the molecule is CC(C)NC(=O)CCc1cccc(Oc2ccc(F)cc2)c1. The average Bonchev–Trinajstić information content (AvgIpc) is 2.47. The van der Waals surface area contributed by atoms with Crippen LogP contribution in [-0.2, 0) is 11.2 Å². The molecule has 1 N–H and O–H groups in total. The summed E-state index contributed by atoms with van der Waals surface area (Å²) in [5.41, 5.74) is 1.03. The maximum absolute atomic E-state index is 12.9. The molecule has 0 spiro atoms. The molecule has 0 radical (unpaired) electrons. The van der Waals surface area contributed by atoms with Gasteiger partial charge in [0.25, 0.3) is 0 Å². The van der Waals surface area contributed by atoms with Crippen LogP contribution in [0.5, 0.6) is 11.5 Å². The number of carbonyl (C=O) groups is 1. The van der Waals surface area contributed by atoms with Gasteiger partial charge in [-0.15, -0.1) is 0 Å². The molecule has 2 rings (SSSR count). The van der Waals surface area contributed by atoms with Crippen molar-refractivity contribution in [1.29, 1.82) is 0 Å². The molecular weight excluding hydrogens is 281 g/mol. The van der Waals surface area contributed by atoms with Crippen LogP contribution in [0.1, 0.15) is 25.8 Å². The van der Waals surface area contributed by atoms with Crippen LogP contribution in [0.4, 0.5) is 4.39 Å². The number of halogens is 1. The zero-order valence-corrected chi connectivity index (χ0v) is 12.8. The van der Waals surface area contributed by atoms with Gasteiger partial charge in [0.05, 0.1) is 0 Å². The highest BCUT2D eigenvalue weighted by atomic mass is 19.1. The molecule has 116 valence electrons. The molecule has 0 bridgehead atoms. The summed E-state index contributed by atoms with van der Waals surface area (Å²) in [5, 5.41) is 2.87. The van der Waals surface area contributed by atoms with Crippen molar-refractivity contribution in [2.45, 2.75) is 32.7 Å². The van der Waals surface area contributed by atoms with Gasteiger partial charge in [0.1, 0.15) is 17.3 Å². The minimum absolute atomic E-state index is 0.0415. The third kappa shape index (κ3) is 5.20. The summed E-state index contributed by atoms with van der Waals surface area (Å²) in [5.74, 6) is 1.00. The standard InChI is InChI=1S/C18H20FNO2/c1-13(2)20-18(21)11-6-14-4-3-5-17(12-14)22-16-9-7-15(19)8-10-16/h3-5,7-10,12-13H,6,11H2,1-2H3,(H,20,21). The maximum Gasteiger partial charge on any atom is 0.220 e. The second-order valence-electron chi connectivity index (χ2n) is 5.43. The van der Waals surface area contributed by atoms with E-state index < -0.39 is 0 Å². The van der Waals surface area contributed by atoms with E-state index in [1.165, 1.54) is 12.1 Å². The van der Waals surface area contributed by atoms with Crippen LogP contribution in [0.3, 0.4) is 0 Å². The van der Waals surface area contributed by atoms with Gasteiger partial charge in [-0.2, -0.15) is 0 Å². The number of amides is 1. The molecular formula is C18H20FNO2. The normalized spacial score (nSPS) is 10.5. The van der Waals surface area contributed by atoms with Crippen molar-refractivity contribution in [3.05, 3.63) is 59.9 Å². The van der Waals surface area contributed by atoms with E-state index in [1.54, 1.807) is 12.1 Å². The fourth-order valence-corrected chi connectivity index (χ4v) is 2.06. The number of aryl methyl sites for hydroxylation is 1. The van der Waals surface area contributed by atoms with Gasteiger partial charge in [-0.05, 0) is 62.2 Å². The molecule has 0 atom stereocenters. The molecule has 4 heteroatoms. The molecule has 3 nitrogen and oxygen atoms in total. The number of hydrogen-bond acceptors (Lipinski definition) is 2. The quantitative estimate of drug-likeness (QED) is 0.873. The lowest BCUT2D eigenvalue weighted by Crippen LogP contribution is -2.30. The Morgan fingerprint density at radius 1 is 1.14 bits per heavy atom. The highest BCUT2D eigenvalue weighted by molar-refractivity contribution is 5.76. The van der Waals surface area contributed by atoms with E-state index in [0.29, 0.717) is 24.3 Å². The van der Waals surface area contributed by atoms with Crippen molar-refractivity contribution in [3.8, 4) is 11.5 Å². The van der Waals surface area contributed by atoms with Crippen molar-refractivity contribution in [2.75, 3.05) is 0 Å². The summed E-state index contributed by atoms with van der Waals surface area (Å²) in [7, 11) is 0. The van der Waals surface area contributed by atoms with Crippen molar-refractivity contribution in [3.63, 3.8) is 0 Å². The van der Waals surface area contributed by atoms with Gasteiger partial charge >= 0.3 is 0 Å². The molecule has 0 saturated carbocycles. The Morgan fingerprint density at radius 3 is 2.55 bits per heavy atom. The van der Waals surface area contributed by atoms with E-state index in [9.17, 15) is 9.18 Å². The van der Waals surface area contributed by atoms with Crippen molar-refractivity contribution in [1.82, 2.24) is 5.32 Å². The highest BCUT2D eigenvalue weighted by Crippen LogP contribution is 2.22. The minimum atomic E-state index is -0.294. The number of rotatable bonds is 6. The number of hydrogen-bond donors (Lipinski definition) is 1. The van der Waals surface area contributed by atoms with E-state index in [2.05, 4.69) is 5.32 Å². The fourth-order valence-electron chi connectivity index (χ4n) is 2.06. The molecule has 0 saturated heterocycles. The zero-order chi connectivity index (χ0) is 15.9. The number of carbonyl (C=O) groups excluding carboxylic acids is 1. The van der Waals surface area contributed by atoms with E-state index in [1.807, 2.05) is 38.1 Å². The molecule has 2 aromatic rings. The van der Waals surface area contributed by atoms with E-state index >= 15 is 0 Å². The minimum Gasteiger partial charge on any atom is -0.457 e. The Bertz CT molecular complexity index is 623. The molecule has 0 heterocycles.